The van der Waals surface area contributed by atoms with Gasteiger partial charge in [0.15, 0.2) is 0 Å². The van der Waals surface area contributed by atoms with Crippen LogP contribution in [0, 0.1) is 5.92 Å². The van der Waals surface area contributed by atoms with Crippen LogP contribution < -0.4 is 10.6 Å². The minimum Gasteiger partial charge on any atom is -0.396 e. The Morgan fingerprint density at radius 1 is 1.20 bits per heavy atom. The van der Waals surface area contributed by atoms with E-state index in [0.717, 1.165) is 32.1 Å². The van der Waals surface area contributed by atoms with Crippen molar-refractivity contribution in [1.82, 2.24) is 10.6 Å². The van der Waals surface area contributed by atoms with Crippen molar-refractivity contribution in [3.05, 3.63) is 0 Å². The molecule has 4 nitrogen and oxygen atoms in total. The molecule has 3 N–H and O–H groups in total. The van der Waals surface area contributed by atoms with Crippen LogP contribution in [0.2, 0.25) is 0 Å². The normalized spacial score (nSPS) is 24.1. The highest BCUT2D eigenvalue weighted by molar-refractivity contribution is 5.74. The Labute approximate surface area is 123 Å². The van der Waals surface area contributed by atoms with E-state index in [2.05, 4.69) is 24.5 Å². The van der Waals surface area contributed by atoms with E-state index in [1.807, 2.05) is 0 Å². The summed E-state index contributed by atoms with van der Waals surface area (Å²) in [5, 5.41) is 15.2. The summed E-state index contributed by atoms with van der Waals surface area (Å²) in [5.41, 5.74) is 0. The molecule has 2 amide bonds. The molecule has 0 heterocycles. The Balaban J connectivity index is 2.10. The summed E-state index contributed by atoms with van der Waals surface area (Å²) in [6, 6.07) is 0.506. The molecule has 0 aromatic rings. The number of carbonyl (C=O) groups is 1. The van der Waals surface area contributed by atoms with Gasteiger partial charge in [0.25, 0.3) is 0 Å². The van der Waals surface area contributed by atoms with Crippen LogP contribution in [0.25, 0.3) is 0 Å². The minimum absolute atomic E-state index is 0.0274. The fraction of sp³-hybridized carbons (Fsp3) is 0.938. The summed E-state index contributed by atoms with van der Waals surface area (Å²) in [4.78, 5) is 11.9. The Morgan fingerprint density at radius 2 is 1.90 bits per heavy atom. The van der Waals surface area contributed by atoms with Gasteiger partial charge in [-0.25, -0.2) is 4.79 Å². The minimum atomic E-state index is -0.0274. The van der Waals surface area contributed by atoms with Crippen molar-refractivity contribution in [2.75, 3.05) is 6.61 Å². The van der Waals surface area contributed by atoms with Gasteiger partial charge < -0.3 is 15.7 Å². The number of aliphatic hydroxyl groups is 1. The van der Waals surface area contributed by atoms with Crippen molar-refractivity contribution >= 4 is 6.03 Å². The summed E-state index contributed by atoms with van der Waals surface area (Å²) >= 11 is 0. The van der Waals surface area contributed by atoms with E-state index in [1.54, 1.807) is 0 Å². The Kier molecular flexibility index (Phi) is 8.67. The molecule has 1 aliphatic rings. The molecule has 1 unspecified atom stereocenters. The van der Waals surface area contributed by atoms with Gasteiger partial charge in [0.1, 0.15) is 0 Å². The van der Waals surface area contributed by atoms with Gasteiger partial charge in [-0.3, -0.25) is 0 Å². The smallest absolute Gasteiger partial charge is 0.315 e. The van der Waals surface area contributed by atoms with E-state index in [4.69, 9.17) is 5.11 Å². The zero-order valence-corrected chi connectivity index (χ0v) is 13.2. The number of unbranched alkanes of at least 4 members (excludes halogenated alkanes) is 3. The fourth-order valence-corrected chi connectivity index (χ4v) is 2.89. The average Bonchev–Trinajstić information content (AvgIpc) is 2.44. The van der Waals surface area contributed by atoms with Crippen molar-refractivity contribution < 1.29 is 9.90 Å². The molecular formula is C16H32N2O2. The molecule has 118 valence electrons. The van der Waals surface area contributed by atoms with E-state index >= 15 is 0 Å². The summed E-state index contributed by atoms with van der Waals surface area (Å²) < 4.78 is 0. The van der Waals surface area contributed by atoms with Gasteiger partial charge in [0, 0.05) is 18.7 Å². The molecule has 0 bridgehead atoms. The van der Waals surface area contributed by atoms with E-state index in [1.165, 1.54) is 25.7 Å². The first-order chi connectivity index (χ1) is 9.65. The largest absolute Gasteiger partial charge is 0.396 e. The summed E-state index contributed by atoms with van der Waals surface area (Å²) in [5.74, 6) is 0.439. The first-order valence-electron chi connectivity index (χ1n) is 8.33. The van der Waals surface area contributed by atoms with Gasteiger partial charge >= 0.3 is 6.03 Å². The lowest BCUT2D eigenvalue weighted by atomic mass is 9.87. The van der Waals surface area contributed by atoms with Crippen molar-refractivity contribution in [2.24, 2.45) is 5.92 Å². The second-order valence-corrected chi connectivity index (χ2v) is 6.27. The van der Waals surface area contributed by atoms with Crippen molar-refractivity contribution in [3.63, 3.8) is 0 Å². The monoisotopic (exact) mass is 284 g/mol. The molecule has 1 aliphatic carbocycles. The third-order valence-electron chi connectivity index (χ3n) is 4.31. The van der Waals surface area contributed by atoms with Crippen LogP contribution in [0.15, 0.2) is 0 Å². The molecule has 0 aromatic heterocycles. The van der Waals surface area contributed by atoms with E-state index in [0.29, 0.717) is 5.92 Å². The standard InChI is InChI=1S/C16H32N2O2/c1-3-4-5-6-7-13(2)17-16(20)18-15-10-8-14(12-19)9-11-15/h13-15,19H,3-12H2,1-2H3,(H2,17,18,20). The maximum absolute atomic E-state index is 11.9. The Morgan fingerprint density at radius 3 is 2.50 bits per heavy atom. The molecule has 1 atom stereocenters. The lowest BCUT2D eigenvalue weighted by Crippen LogP contribution is -2.46. The van der Waals surface area contributed by atoms with Crippen molar-refractivity contribution in [2.45, 2.75) is 83.7 Å². The van der Waals surface area contributed by atoms with Crippen molar-refractivity contribution in [3.8, 4) is 0 Å². The number of hydrogen-bond acceptors (Lipinski definition) is 2. The maximum Gasteiger partial charge on any atom is 0.315 e. The van der Waals surface area contributed by atoms with E-state index in [-0.39, 0.29) is 24.7 Å². The van der Waals surface area contributed by atoms with Crippen LogP contribution in [0.3, 0.4) is 0 Å². The van der Waals surface area contributed by atoms with Crippen LogP contribution in [-0.2, 0) is 0 Å². The molecule has 0 saturated heterocycles. The van der Waals surface area contributed by atoms with E-state index in [9.17, 15) is 4.79 Å². The molecule has 1 fully saturated rings. The van der Waals surface area contributed by atoms with E-state index < -0.39 is 0 Å². The summed E-state index contributed by atoms with van der Waals surface area (Å²) in [6.07, 6.45) is 10.1. The molecule has 1 rings (SSSR count). The zero-order valence-electron chi connectivity index (χ0n) is 13.2. The van der Waals surface area contributed by atoms with Gasteiger partial charge in [-0.2, -0.15) is 0 Å². The van der Waals surface area contributed by atoms with Crippen LogP contribution in [0.4, 0.5) is 4.79 Å². The van der Waals surface area contributed by atoms with Crippen LogP contribution in [0.1, 0.15) is 71.6 Å². The quantitative estimate of drug-likeness (QED) is 0.599. The van der Waals surface area contributed by atoms with Gasteiger partial charge in [-0.15, -0.1) is 0 Å². The molecular weight excluding hydrogens is 252 g/mol. The number of nitrogens with one attached hydrogen (secondary N) is 2. The second kappa shape index (κ2) is 10.0. The molecule has 0 spiro atoms. The molecule has 0 radical (unpaired) electrons. The van der Waals surface area contributed by atoms with Crippen LogP contribution in [-0.4, -0.2) is 29.8 Å². The number of urea groups is 1. The van der Waals surface area contributed by atoms with Crippen molar-refractivity contribution in [1.29, 1.82) is 0 Å². The second-order valence-electron chi connectivity index (χ2n) is 6.27. The maximum atomic E-state index is 11.9. The highest BCUT2D eigenvalue weighted by atomic mass is 16.3. The first-order valence-corrected chi connectivity index (χ1v) is 8.33. The predicted molar refractivity (Wildman–Crippen MR) is 82.7 cm³/mol. The molecule has 4 heteroatoms. The number of hydrogen-bond donors (Lipinski definition) is 3. The number of rotatable bonds is 8. The predicted octanol–water partition coefficient (Wildman–Crippen LogP) is 3.20. The van der Waals surface area contributed by atoms with Crippen LogP contribution in [0.5, 0.6) is 0 Å². The zero-order chi connectivity index (χ0) is 14.8. The third kappa shape index (κ3) is 7.13. The highest BCUT2D eigenvalue weighted by Gasteiger charge is 2.22. The Hall–Kier alpha value is -0.770. The number of amides is 2. The molecule has 0 aromatic carbocycles. The number of carbonyl (C=O) groups excluding carboxylic acids is 1. The first kappa shape index (κ1) is 17.3. The molecule has 1 saturated carbocycles. The molecule has 20 heavy (non-hydrogen) atoms. The Bertz CT molecular complexity index is 263. The van der Waals surface area contributed by atoms with Gasteiger partial charge in [-0.1, -0.05) is 32.6 Å². The highest BCUT2D eigenvalue weighted by Crippen LogP contribution is 2.23. The molecule has 0 aliphatic heterocycles. The van der Waals surface area contributed by atoms with Gasteiger partial charge in [-0.05, 0) is 44.9 Å². The number of aliphatic hydroxyl groups excluding tert-OH is 1. The SMILES string of the molecule is CCCCCCC(C)NC(=O)NC1CCC(CO)CC1. The lowest BCUT2D eigenvalue weighted by molar-refractivity contribution is 0.174. The topological polar surface area (TPSA) is 61.4 Å². The average molecular weight is 284 g/mol. The van der Waals surface area contributed by atoms with Gasteiger partial charge in [0.2, 0.25) is 0 Å². The van der Waals surface area contributed by atoms with Crippen LogP contribution >= 0.6 is 0 Å². The fourth-order valence-electron chi connectivity index (χ4n) is 2.89. The lowest BCUT2D eigenvalue weighted by Gasteiger charge is -2.28. The van der Waals surface area contributed by atoms with Gasteiger partial charge in [0.05, 0.1) is 0 Å². The summed E-state index contributed by atoms with van der Waals surface area (Å²) in [6.45, 7) is 4.57. The summed E-state index contributed by atoms with van der Waals surface area (Å²) in [7, 11) is 0. The third-order valence-corrected chi connectivity index (χ3v) is 4.31.